The molecule has 0 radical (unpaired) electrons. The van der Waals surface area contributed by atoms with Gasteiger partial charge in [0.2, 0.25) is 0 Å². The van der Waals surface area contributed by atoms with Gasteiger partial charge in [-0.25, -0.2) is 4.79 Å². The molecule has 0 bridgehead atoms. The fraction of sp³-hybridized carbons (Fsp3) is 0.263. The maximum Gasteiger partial charge on any atom is 0.416 e. The first-order chi connectivity index (χ1) is 13.2. The summed E-state index contributed by atoms with van der Waals surface area (Å²) >= 11 is 0. The zero-order valence-corrected chi connectivity index (χ0v) is 15.2. The standard InChI is InChI=1S/C19H19F3N4O2/c1-12-9-13(2)26(25-12)16(17-7-4-8-28-17)11-23-18(27)24-15-6-3-5-14(10-15)19(20,21)22/h3-10,16H,11H2,1-2H3,(H2,23,24,27)/t16-/m1/s1. The molecule has 3 rings (SSSR count). The molecular weight excluding hydrogens is 373 g/mol. The molecule has 0 spiro atoms. The van der Waals surface area contributed by atoms with Crippen molar-refractivity contribution in [2.24, 2.45) is 0 Å². The van der Waals surface area contributed by atoms with Crippen LogP contribution in [0.25, 0.3) is 0 Å². The fourth-order valence-electron chi connectivity index (χ4n) is 2.89. The van der Waals surface area contributed by atoms with Crippen LogP contribution in [0.4, 0.5) is 23.7 Å². The Labute approximate surface area is 159 Å². The second-order valence-corrected chi connectivity index (χ2v) is 6.32. The number of hydrogen-bond donors (Lipinski definition) is 2. The minimum Gasteiger partial charge on any atom is -0.467 e. The summed E-state index contributed by atoms with van der Waals surface area (Å²) in [5.41, 5.74) is 0.927. The number of nitrogens with one attached hydrogen (secondary N) is 2. The van der Waals surface area contributed by atoms with Gasteiger partial charge in [0.15, 0.2) is 0 Å². The number of alkyl halides is 3. The van der Waals surface area contributed by atoms with E-state index in [1.807, 2.05) is 19.9 Å². The number of aromatic nitrogens is 2. The van der Waals surface area contributed by atoms with E-state index < -0.39 is 23.8 Å². The number of urea groups is 1. The van der Waals surface area contributed by atoms with Crippen molar-refractivity contribution >= 4 is 11.7 Å². The molecule has 1 atom stereocenters. The highest BCUT2D eigenvalue weighted by Gasteiger charge is 2.30. The van der Waals surface area contributed by atoms with Gasteiger partial charge in [-0.05, 0) is 50.2 Å². The van der Waals surface area contributed by atoms with Gasteiger partial charge in [0.1, 0.15) is 11.8 Å². The van der Waals surface area contributed by atoms with Gasteiger partial charge in [-0.15, -0.1) is 0 Å². The van der Waals surface area contributed by atoms with Crippen LogP contribution < -0.4 is 10.6 Å². The summed E-state index contributed by atoms with van der Waals surface area (Å²) in [5.74, 6) is 0.602. The monoisotopic (exact) mass is 392 g/mol. The summed E-state index contributed by atoms with van der Waals surface area (Å²) in [6.45, 7) is 3.88. The van der Waals surface area contributed by atoms with Crippen molar-refractivity contribution in [2.45, 2.75) is 26.1 Å². The normalized spacial score (nSPS) is 12.6. The van der Waals surface area contributed by atoms with Crippen LogP contribution in [-0.2, 0) is 6.18 Å². The molecule has 2 aromatic heterocycles. The number of benzene rings is 1. The number of rotatable bonds is 5. The third-order valence-electron chi connectivity index (χ3n) is 4.12. The van der Waals surface area contributed by atoms with Gasteiger partial charge >= 0.3 is 12.2 Å². The second kappa shape index (κ2) is 7.79. The van der Waals surface area contributed by atoms with Crippen LogP contribution in [0, 0.1) is 13.8 Å². The van der Waals surface area contributed by atoms with E-state index in [0.717, 1.165) is 23.5 Å². The molecule has 1 aromatic carbocycles. The zero-order valence-electron chi connectivity index (χ0n) is 15.2. The molecule has 0 saturated carbocycles. The van der Waals surface area contributed by atoms with Crippen molar-refractivity contribution in [3.8, 4) is 0 Å². The van der Waals surface area contributed by atoms with Crippen molar-refractivity contribution in [1.29, 1.82) is 0 Å². The molecule has 0 unspecified atom stereocenters. The summed E-state index contributed by atoms with van der Waals surface area (Å²) in [5, 5.41) is 9.50. The van der Waals surface area contributed by atoms with E-state index in [9.17, 15) is 18.0 Å². The van der Waals surface area contributed by atoms with Crippen LogP contribution in [0.5, 0.6) is 0 Å². The van der Waals surface area contributed by atoms with Crippen LogP contribution in [0.1, 0.15) is 28.8 Å². The lowest BCUT2D eigenvalue weighted by molar-refractivity contribution is -0.137. The minimum atomic E-state index is -4.48. The average molecular weight is 392 g/mol. The quantitative estimate of drug-likeness (QED) is 0.670. The third kappa shape index (κ3) is 4.54. The molecule has 0 aliphatic carbocycles. The maximum atomic E-state index is 12.8. The van der Waals surface area contributed by atoms with Crippen molar-refractivity contribution in [2.75, 3.05) is 11.9 Å². The largest absolute Gasteiger partial charge is 0.467 e. The SMILES string of the molecule is Cc1cc(C)n([C@H](CNC(=O)Nc2cccc(C(F)(F)F)c2)c2ccco2)n1. The van der Waals surface area contributed by atoms with Crippen molar-refractivity contribution in [1.82, 2.24) is 15.1 Å². The summed E-state index contributed by atoms with van der Waals surface area (Å²) in [6.07, 6.45) is -2.95. The molecule has 9 heteroatoms. The lowest BCUT2D eigenvalue weighted by Crippen LogP contribution is -2.35. The van der Waals surface area contributed by atoms with Crippen LogP contribution in [0.3, 0.4) is 0 Å². The topological polar surface area (TPSA) is 72.1 Å². The van der Waals surface area contributed by atoms with E-state index in [1.165, 1.54) is 18.4 Å². The number of amides is 2. The molecule has 148 valence electrons. The van der Waals surface area contributed by atoms with Crippen LogP contribution in [0.2, 0.25) is 0 Å². The smallest absolute Gasteiger partial charge is 0.416 e. The number of hydrogen-bond acceptors (Lipinski definition) is 3. The van der Waals surface area contributed by atoms with Crippen LogP contribution in [-0.4, -0.2) is 22.4 Å². The Hall–Kier alpha value is -3.23. The molecule has 6 nitrogen and oxygen atoms in total. The average Bonchev–Trinajstić information content (AvgIpc) is 3.25. The van der Waals surface area contributed by atoms with Gasteiger partial charge in [0.05, 0.1) is 17.5 Å². The summed E-state index contributed by atoms with van der Waals surface area (Å²) in [4.78, 5) is 12.2. The Morgan fingerprint density at radius 3 is 2.61 bits per heavy atom. The van der Waals surface area contributed by atoms with E-state index in [1.54, 1.807) is 16.8 Å². The fourth-order valence-corrected chi connectivity index (χ4v) is 2.89. The molecule has 2 amide bonds. The molecule has 2 N–H and O–H groups in total. The van der Waals surface area contributed by atoms with Crippen molar-refractivity contribution in [3.05, 3.63) is 71.4 Å². The van der Waals surface area contributed by atoms with E-state index in [4.69, 9.17) is 4.42 Å². The number of nitrogens with zero attached hydrogens (tertiary/aromatic N) is 2. The predicted molar refractivity (Wildman–Crippen MR) is 97.0 cm³/mol. The minimum absolute atomic E-state index is 0.0491. The van der Waals surface area contributed by atoms with E-state index >= 15 is 0 Å². The van der Waals surface area contributed by atoms with Crippen LogP contribution >= 0.6 is 0 Å². The van der Waals surface area contributed by atoms with E-state index in [2.05, 4.69) is 15.7 Å². The number of carbonyl (C=O) groups excluding carboxylic acids is 1. The first-order valence-electron chi connectivity index (χ1n) is 8.52. The molecule has 0 aliphatic heterocycles. The van der Waals surface area contributed by atoms with E-state index in [0.29, 0.717) is 5.76 Å². The lowest BCUT2D eigenvalue weighted by Gasteiger charge is -2.18. The highest BCUT2D eigenvalue weighted by atomic mass is 19.4. The molecule has 2 heterocycles. The predicted octanol–water partition coefficient (Wildman–Crippen LogP) is 4.52. The highest BCUT2D eigenvalue weighted by Crippen LogP contribution is 2.30. The summed E-state index contributed by atoms with van der Waals surface area (Å²) in [7, 11) is 0. The van der Waals surface area contributed by atoms with Crippen LogP contribution in [0.15, 0.2) is 53.1 Å². The number of carbonyl (C=O) groups is 1. The highest BCUT2D eigenvalue weighted by molar-refractivity contribution is 5.89. The Kier molecular flexibility index (Phi) is 5.43. The second-order valence-electron chi connectivity index (χ2n) is 6.32. The summed E-state index contributed by atoms with van der Waals surface area (Å²) in [6, 6.07) is 8.83. The Balaban J connectivity index is 1.70. The van der Waals surface area contributed by atoms with Gasteiger partial charge in [0, 0.05) is 17.9 Å². The lowest BCUT2D eigenvalue weighted by atomic mass is 10.2. The van der Waals surface area contributed by atoms with Gasteiger partial charge in [-0.3, -0.25) is 4.68 Å². The summed E-state index contributed by atoms with van der Waals surface area (Å²) < 4.78 is 45.6. The first-order valence-corrected chi connectivity index (χ1v) is 8.52. The van der Waals surface area contributed by atoms with Gasteiger partial charge in [-0.2, -0.15) is 18.3 Å². The first kappa shape index (κ1) is 19.5. The van der Waals surface area contributed by atoms with Crippen molar-refractivity contribution < 1.29 is 22.4 Å². The van der Waals surface area contributed by atoms with Gasteiger partial charge in [-0.1, -0.05) is 6.07 Å². The van der Waals surface area contributed by atoms with E-state index in [-0.39, 0.29) is 12.2 Å². The Morgan fingerprint density at radius 1 is 1.21 bits per heavy atom. The van der Waals surface area contributed by atoms with Gasteiger partial charge < -0.3 is 15.1 Å². The number of furan rings is 1. The molecule has 3 aromatic rings. The Morgan fingerprint density at radius 2 is 2.00 bits per heavy atom. The maximum absolute atomic E-state index is 12.8. The third-order valence-corrected chi connectivity index (χ3v) is 4.12. The number of anilines is 1. The molecule has 0 fully saturated rings. The zero-order chi connectivity index (χ0) is 20.3. The van der Waals surface area contributed by atoms with Gasteiger partial charge in [0.25, 0.3) is 0 Å². The molecule has 28 heavy (non-hydrogen) atoms. The molecular formula is C19H19F3N4O2. The number of halogens is 3. The van der Waals surface area contributed by atoms with Crippen molar-refractivity contribution in [3.63, 3.8) is 0 Å². The number of aryl methyl sites for hydroxylation is 2. The Bertz CT molecular complexity index is 948. The molecule has 0 saturated heterocycles. The molecule has 0 aliphatic rings.